The van der Waals surface area contributed by atoms with Gasteiger partial charge in [-0.15, -0.1) is 5.10 Å². The van der Waals surface area contributed by atoms with Crippen LogP contribution in [0.1, 0.15) is 28.9 Å². The second kappa shape index (κ2) is 9.03. The summed E-state index contributed by atoms with van der Waals surface area (Å²) in [6, 6.07) is 11.3. The van der Waals surface area contributed by atoms with Crippen LogP contribution in [0.15, 0.2) is 48.7 Å². The van der Waals surface area contributed by atoms with E-state index in [0.717, 1.165) is 10.4 Å². The van der Waals surface area contributed by atoms with Gasteiger partial charge in [0, 0.05) is 16.1 Å². The maximum absolute atomic E-state index is 14.2. The Bertz CT molecular complexity index is 1220. The van der Waals surface area contributed by atoms with Crippen molar-refractivity contribution in [2.24, 2.45) is 5.41 Å². The van der Waals surface area contributed by atoms with E-state index in [0.29, 0.717) is 22.6 Å². The summed E-state index contributed by atoms with van der Waals surface area (Å²) < 4.78 is 14.2. The summed E-state index contributed by atoms with van der Waals surface area (Å²) in [5, 5.41) is 30.0. The quantitative estimate of drug-likeness (QED) is 0.444. The molecule has 0 atom stereocenters. The SMILES string of the molecule is COn1cc(C(=O)N[C@]2(Cc3ccc(-c4cc(Cl)ccc4F)cc3)C[C@@](CO)(C(=O)O)C2)nn1. The van der Waals surface area contributed by atoms with Gasteiger partial charge in [-0.25, -0.2) is 4.39 Å². The van der Waals surface area contributed by atoms with Crippen molar-refractivity contribution >= 4 is 23.5 Å². The summed E-state index contributed by atoms with van der Waals surface area (Å²) in [4.78, 5) is 30.5. The van der Waals surface area contributed by atoms with E-state index >= 15 is 0 Å². The van der Waals surface area contributed by atoms with Gasteiger partial charge in [0.05, 0.1) is 12.0 Å². The first-order chi connectivity index (χ1) is 16.2. The van der Waals surface area contributed by atoms with E-state index in [9.17, 15) is 24.2 Å². The summed E-state index contributed by atoms with van der Waals surface area (Å²) >= 11 is 5.99. The normalized spacial score (nSPS) is 21.5. The molecule has 11 heteroatoms. The summed E-state index contributed by atoms with van der Waals surface area (Å²) in [5.74, 6) is -2.08. The third kappa shape index (κ3) is 4.46. The fourth-order valence-electron chi connectivity index (χ4n) is 4.49. The molecule has 0 bridgehead atoms. The van der Waals surface area contributed by atoms with Crippen molar-refractivity contribution in [1.29, 1.82) is 0 Å². The largest absolute Gasteiger partial charge is 0.481 e. The van der Waals surface area contributed by atoms with Crippen molar-refractivity contribution in [3.63, 3.8) is 0 Å². The minimum absolute atomic E-state index is 0.00447. The molecule has 9 nitrogen and oxygen atoms in total. The number of hydrogen-bond acceptors (Lipinski definition) is 6. The molecule has 0 saturated heterocycles. The molecule has 1 heterocycles. The molecule has 34 heavy (non-hydrogen) atoms. The van der Waals surface area contributed by atoms with Gasteiger partial charge in [-0.3, -0.25) is 9.59 Å². The van der Waals surface area contributed by atoms with Crippen LogP contribution < -0.4 is 10.2 Å². The number of aliphatic carboxylic acids is 1. The molecule has 1 aromatic heterocycles. The van der Waals surface area contributed by atoms with E-state index in [4.69, 9.17) is 16.4 Å². The lowest BCUT2D eigenvalue weighted by molar-refractivity contribution is -0.165. The van der Waals surface area contributed by atoms with Crippen LogP contribution >= 0.6 is 11.6 Å². The summed E-state index contributed by atoms with van der Waals surface area (Å²) in [6.07, 6.45) is 1.65. The number of nitrogens with one attached hydrogen (secondary N) is 1. The molecule has 178 valence electrons. The molecule has 0 spiro atoms. The number of carbonyl (C=O) groups is 2. The van der Waals surface area contributed by atoms with Crippen LogP contribution in [0.5, 0.6) is 0 Å². The van der Waals surface area contributed by atoms with E-state index in [1.165, 1.54) is 31.5 Å². The number of amides is 1. The van der Waals surface area contributed by atoms with Crippen molar-refractivity contribution in [2.75, 3.05) is 13.7 Å². The number of halogens is 2. The monoisotopic (exact) mass is 488 g/mol. The number of hydrogen-bond donors (Lipinski definition) is 3. The van der Waals surface area contributed by atoms with Gasteiger partial charge in [-0.05, 0) is 53.8 Å². The highest BCUT2D eigenvalue weighted by Gasteiger charge is 2.59. The third-order valence-corrected chi connectivity index (χ3v) is 6.35. The van der Waals surface area contributed by atoms with Crippen molar-refractivity contribution in [2.45, 2.75) is 24.8 Å². The fourth-order valence-corrected chi connectivity index (χ4v) is 4.66. The topological polar surface area (TPSA) is 127 Å². The molecule has 1 saturated carbocycles. The number of nitrogens with zero attached hydrogens (tertiary/aromatic N) is 3. The Morgan fingerprint density at radius 2 is 1.94 bits per heavy atom. The molecule has 1 amide bonds. The molecule has 0 unspecified atom stereocenters. The van der Waals surface area contributed by atoms with E-state index in [1.54, 1.807) is 24.3 Å². The van der Waals surface area contributed by atoms with Gasteiger partial charge in [0.2, 0.25) is 0 Å². The Morgan fingerprint density at radius 3 is 2.53 bits per heavy atom. The number of carbonyl (C=O) groups excluding carboxylic acids is 1. The Morgan fingerprint density at radius 1 is 1.24 bits per heavy atom. The molecule has 0 radical (unpaired) electrons. The molecule has 3 N–H and O–H groups in total. The highest BCUT2D eigenvalue weighted by molar-refractivity contribution is 6.30. The first-order valence-electron chi connectivity index (χ1n) is 10.4. The average molecular weight is 489 g/mol. The van der Waals surface area contributed by atoms with Crippen LogP contribution in [0.25, 0.3) is 11.1 Å². The van der Waals surface area contributed by atoms with Gasteiger partial charge in [-0.1, -0.05) is 40.7 Å². The zero-order valence-corrected chi connectivity index (χ0v) is 18.9. The predicted molar refractivity (Wildman–Crippen MR) is 120 cm³/mol. The van der Waals surface area contributed by atoms with Crippen LogP contribution in [-0.2, 0) is 11.2 Å². The van der Waals surface area contributed by atoms with Crippen molar-refractivity contribution in [3.05, 3.63) is 70.8 Å². The van der Waals surface area contributed by atoms with Gasteiger partial charge in [-0.2, -0.15) is 0 Å². The number of carboxylic acid groups (broad SMARTS) is 1. The first-order valence-corrected chi connectivity index (χ1v) is 10.7. The molecular weight excluding hydrogens is 467 g/mol. The predicted octanol–water partition coefficient (Wildman–Crippen LogP) is 2.36. The minimum atomic E-state index is -1.35. The summed E-state index contributed by atoms with van der Waals surface area (Å²) in [7, 11) is 1.37. The van der Waals surface area contributed by atoms with Gasteiger partial charge in [0.25, 0.3) is 5.91 Å². The van der Waals surface area contributed by atoms with E-state index in [1.807, 2.05) is 0 Å². The minimum Gasteiger partial charge on any atom is -0.481 e. The van der Waals surface area contributed by atoms with Crippen LogP contribution in [0.3, 0.4) is 0 Å². The van der Waals surface area contributed by atoms with Gasteiger partial charge in [0.15, 0.2) is 5.69 Å². The zero-order valence-electron chi connectivity index (χ0n) is 18.2. The third-order valence-electron chi connectivity index (χ3n) is 6.12. The standard InChI is InChI=1S/C23H22ClFN4O5/c1-34-29-10-19(27-28-29)20(31)26-23(11-22(12-23,13-30)21(32)33)9-14-2-4-15(5-3-14)17-8-16(24)6-7-18(17)25/h2-8,10,30H,9,11-13H2,1H3,(H,26,31)(H,32,33)/t22-,23-. The number of carboxylic acids is 1. The second-order valence-corrected chi connectivity index (χ2v) is 8.95. The molecule has 3 aromatic rings. The van der Waals surface area contributed by atoms with Gasteiger partial charge in [0.1, 0.15) is 19.1 Å². The maximum atomic E-state index is 14.2. The van der Waals surface area contributed by atoms with E-state index in [2.05, 4.69) is 15.6 Å². The van der Waals surface area contributed by atoms with Crippen molar-refractivity contribution in [1.82, 2.24) is 20.5 Å². The lowest BCUT2D eigenvalue weighted by Crippen LogP contribution is -2.66. The Balaban J connectivity index is 1.58. The second-order valence-electron chi connectivity index (χ2n) is 8.52. The molecule has 1 fully saturated rings. The van der Waals surface area contributed by atoms with Crippen molar-refractivity contribution in [3.8, 4) is 11.1 Å². The molecule has 2 aromatic carbocycles. The Hall–Kier alpha value is -3.50. The average Bonchev–Trinajstić information content (AvgIpc) is 3.28. The Labute approximate surface area is 199 Å². The molecule has 0 aliphatic heterocycles. The van der Waals surface area contributed by atoms with Crippen LogP contribution in [0.4, 0.5) is 4.39 Å². The van der Waals surface area contributed by atoms with E-state index < -0.39 is 35.3 Å². The fraction of sp³-hybridized carbons (Fsp3) is 0.304. The highest BCUT2D eigenvalue weighted by atomic mass is 35.5. The molecular formula is C23H22ClFN4O5. The van der Waals surface area contributed by atoms with Crippen LogP contribution in [0.2, 0.25) is 5.02 Å². The molecule has 1 aliphatic rings. The van der Waals surface area contributed by atoms with Crippen LogP contribution in [0, 0.1) is 11.2 Å². The summed E-state index contributed by atoms with van der Waals surface area (Å²) in [6.45, 7) is -0.549. The Kier molecular flexibility index (Phi) is 6.28. The maximum Gasteiger partial charge on any atom is 0.312 e. The number of rotatable bonds is 8. The van der Waals surface area contributed by atoms with Crippen molar-refractivity contribution < 1.29 is 29.0 Å². The number of aliphatic hydroxyl groups excluding tert-OH is 1. The zero-order chi connectivity index (χ0) is 24.5. The van der Waals surface area contributed by atoms with E-state index in [-0.39, 0.29) is 18.5 Å². The molecule has 4 rings (SSSR count). The summed E-state index contributed by atoms with van der Waals surface area (Å²) in [5.41, 5.74) is -0.494. The van der Waals surface area contributed by atoms with Gasteiger partial charge < -0.3 is 20.4 Å². The molecule has 1 aliphatic carbocycles. The lowest BCUT2D eigenvalue weighted by Gasteiger charge is -2.53. The van der Waals surface area contributed by atoms with Gasteiger partial charge >= 0.3 is 5.97 Å². The number of aromatic nitrogens is 3. The number of benzene rings is 2. The first kappa shape index (κ1) is 23.7. The van der Waals surface area contributed by atoms with Crippen LogP contribution in [-0.4, -0.2) is 56.5 Å². The lowest BCUT2D eigenvalue weighted by atomic mass is 9.55. The smallest absolute Gasteiger partial charge is 0.312 e. The highest BCUT2D eigenvalue weighted by Crippen LogP contribution is 2.50. The number of aliphatic hydroxyl groups is 1.